The molecule has 1 atom stereocenters. The van der Waals surface area contributed by atoms with Crippen LogP contribution < -0.4 is 0 Å². The fraction of sp³-hybridized carbons (Fsp3) is 0.214. The maximum Gasteiger partial charge on any atom is 0.0440 e. The highest BCUT2D eigenvalue weighted by Crippen LogP contribution is 2.26. The largest absolute Gasteiger partial charge is 0.396 e. The fourth-order valence-corrected chi connectivity index (χ4v) is 1.94. The van der Waals surface area contributed by atoms with Crippen molar-refractivity contribution >= 4 is 0 Å². The van der Waals surface area contributed by atoms with E-state index in [-0.39, 0.29) is 12.5 Å². The minimum atomic E-state index is 0.196. The third-order valence-electron chi connectivity index (χ3n) is 2.73. The molecule has 2 nitrogen and oxygen atoms in total. The Morgan fingerprint density at radius 3 is 2.19 bits per heavy atom. The highest BCUT2D eigenvalue weighted by atomic mass is 16.3. The van der Waals surface area contributed by atoms with Crippen LogP contribution in [0.3, 0.4) is 0 Å². The summed E-state index contributed by atoms with van der Waals surface area (Å²) in [4.78, 5) is 4.02. The van der Waals surface area contributed by atoms with Crippen LogP contribution in [0.1, 0.15) is 23.5 Å². The monoisotopic (exact) mass is 213 g/mol. The lowest BCUT2D eigenvalue weighted by Gasteiger charge is -2.16. The average molecular weight is 213 g/mol. The summed E-state index contributed by atoms with van der Waals surface area (Å²) in [7, 11) is 0. The van der Waals surface area contributed by atoms with Gasteiger partial charge in [0, 0.05) is 24.9 Å². The molecule has 2 aromatic rings. The van der Waals surface area contributed by atoms with Gasteiger partial charge >= 0.3 is 0 Å². The van der Waals surface area contributed by atoms with E-state index in [4.69, 9.17) is 5.11 Å². The summed E-state index contributed by atoms with van der Waals surface area (Å²) in [6.45, 7) is 0.196. The van der Waals surface area contributed by atoms with Crippen LogP contribution in [0.15, 0.2) is 54.9 Å². The number of nitrogens with zero attached hydrogens (tertiary/aromatic N) is 1. The van der Waals surface area contributed by atoms with Crippen molar-refractivity contribution in [3.05, 3.63) is 66.0 Å². The molecule has 1 unspecified atom stereocenters. The minimum absolute atomic E-state index is 0.196. The Hall–Kier alpha value is -1.67. The Morgan fingerprint density at radius 1 is 0.938 bits per heavy atom. The van der Waals surface area contributed by atoms with Crippen LogP contribution in [0.5, 0.6) is 0 Å². The van der Waals surface area contributed by atoms with Gasteiger partial charge in [-0.2, -0.15) is 0 Å². The Bertz CT molecular complexity index is 374. The molecule has 1 N–H and O–H groups in total. The predicted octanol–water partition coefficient (Wildman–Crippen LogP) is 2.60. The Labute approximate surface area is 95.6 Å². The lowest BCUT2D eigenvalue weighted by Crippen LogP contribution is -2.03. The lowest BCUT2D eigenvalue weighted by molar-refractivity contribution is 0.281. The summed E-state index contributed by atoms with van der Waals surface area (Å²) in [6, 6.07) is 14.3. The molecular weight excluding hydrogens is 198 g/mol. The van der Waals surface area contributed by atoms with Crippen molar-refractivity contribution in [1.29, 1.82) is 0 Å². The number of hydrogen-bond acceptors (Lipinski definition) is 2. The molecule has 0 spiro atoms. The van der Waals surface area contributed by atoms with E-state index in [0.29, 0.717) is 0 Å². The molecule has 1 aromatic carbocycles. The van der Waals surface area contributed by atoms with Crippen LogP contribution in [0, 0.1) is 0 Å². The molecule has 2 heteroatoms. The first-order valence-corrected chi connectivity index (χ1v) is 5.47. The van der Waals surface area contributed by atoms with Gasteiger partial charge < -0.3 is 5.11 Å². The van der Waals surface area contributed by atoms with Crippen LogP contribution in [0.4, 0.5) is 0 Å². The smallest absolute Gasteiger partial charge is 0.0440 e. The summed E-state index contributed by atoms with van der Waals surface area (Å²) in [5.41, 5.74) is 2.44. The van der Waals surface area contributed by atoms with E-state index < -0.39 is 0 Å². The first kappa shape index (κ1) is 10.8. The Balaban J connectivity index is 2.31. The fourth-order valence-electron chi connectivity index (χ4n) is 1.94. The standard InChI is InChI=1S/C14H15NO/c16-11-8-14(12-4-2-1-3-5-12)13-6-9-15-10-7-13/h1-7,9-10,14,16H,8,11H2. The van der Waals surface area contributed by atoms with Crippen LogP contribution >= 0.6 is 0 Å². The number of benzene rings is 1. The van der Waals surface area contributed by atoms with Gasteiger partial charge in [-0.15, -0.1) is 0 Å². The molecule has 0 aliphatic rings. The van der Waals surface area contributed by atoms with Gasteiger partial charge in [-0.3, -0.25) is 4.98 Å². The van der Waals surface area contributed by atoms with Gasteiger partial charge in [0.15, 0.2) is 0 Å². The SMILES string of the molecule is OCCC(c1ccccc1)c1ccncc1. The quantitative estimate of drug-likeness (QED) is 0.846. The zero-order chi connectivity index (χ0) is 11.2. The molecule has 0 saturated carbocycles. The highest BCUT2D eigenvalue weighted by molar-refractivity contribution is 5.30. The maximum atomic E-state index is 9.14. The van der Waals surface area contributed by atoms with Crippen LogP contribution in [-0.4, -0.2) is 16.7 Å². The van der Waals surface area contributed by atoms with Crippen molar-refractivity contribution in [2.24, 2.45) is 0 Å². The summed E-state index contributed by atoms with van der Waals surface area (Å²) < 4.78 is 0. The van der Waals surface area contributed by atoms with E-state index in [9.17, 15) is 0 Å². The zero-order valence-electron chi connectivity index (χ0n) is 9.08. The lowest BCUT2D eigenvalue weighted by atomic mass is 9.89. The number of rotatable bonds is 4. The molecule has 0 fully saturated rings. The van der Waals surface area contributed by atoms with Crippen LogP contribution in [0.2, 0.25) is 0 Å². The molecule has 2 rings (SSSR count). The van der Waals surface area contributed by atoms with Crippen molar-refractivity contribution in [2.45, 2.75) is 12.3 Å². The molecule has 0 aliphatic carbocycles. The second kappa shape index (κ2) is 5.42. The molecule has 1 aromatic heterocycles. The van der Waals surface area contributed by atoms with Crippen molar-refractivity contribution < 1.29 is 5.11 Å². The zero-order valence-corrected chi connectivity index (χ0v) is 9.08. The van der Waals surface area contributed by atoms with Crippen molar-refractivity contribution in [3.8, 4) is 0 Å². The molecule has 0 amide bonds. The van der Waals surface area contributed by atoms with Gasteiger partial charge in [0.05, 0.1) is 0 Å². The normalized spacial score (nSPS) is 12.3. The molecular formula is C14H15NO. The molecule has 0 bridgehead atoms. The van der Waals surface area contributed by atoms with Gasteiger partial charge in [0.25, 0.3) is 0 Å². The summed E-state index contributed by atoms with van der Waals surface area (Å²) >= 11 is 0. The second-order valence-electron chi connectivity index (χ2n) is 3.76. The van der Waals surface area contributed by atoms with Gasteiger partial charge in [-0.1, -0.05) is 30.3 Å². The first-order valence-electron chi connectivity index (χ1n) is 5.47. The Kier molecular flexibility index (Phi) is 3.67. The van der Waals surface area contributed by atoms with Crippen LogP contribution in [-0.2, 0) is 0 Å². The molecule has 0 radical (unpaired) electrons. The molecule has 16 heavy (non-hydrogen) atoms. The molecule has 0 aliphatic heterocycles. The maximum absolute atomic E-state index is 9.14. The van der Waals surface area contributed by atoms with E-state index in [1.54, 1.807) is 12.4 Å². The number of aliphatic hydroxyl groups excluding tert-OH is 1. The van der Waals surface area contributed by atoms with E-state index in [0.717, 1.165) is 6.42 Å². The number of aromatic nitrogens is 1. The third kappa shape index (κ3) is 2.47. The topological polar surface area (TPSA) is 33.1 Å². The van der Waals surface area contributed by atoms with E-state index in [1.807, 2.05) is 30.3 Å². The highest BCUT2D eigenvalue weighted by Gasteiger charge is 2.12. The van der Waals surface area contributed by atoms with Crippen molar-refractivity contribution in [1.82, 2.24) is 4.98 Å². The molecule has 82 valence electrons. The second-order valence-corrected chi connectivity index (χ2v) is 3.76. The average Bonchev–Trinajstić information content (AvgIpc) is 2.38. The minimum Gasteiger partial charge on any atom is -0.396 e. The van der Waals surface area contributed by atoms with Gasteiger partial charge in [-0.25, -0.2) is 0 Å². The van der Waals surface area contributed by atoms with Gasteiger partial charge in [0.2, 0.25) is 0 Å². The first-order chi connectivity index (χ1) is 7.92. The van der Waals surface area contributed by atoms with Crippen molar-refractivity contribution in [2.75, 3.05) is 6.61 Å². The van der Waals surface area contributed by atoms with Gasteiger partial charge in [0.1, 0.15) is 0 Å². The summed E-state index contributed by atoms with van der Waals surface area (Å²) in [5, 5.41) is 9.14. The number of aliphatic hydroxyl groups is 1. The molecule has 1 heterocycles. The van der Waals surface area contributed by atoms with Gasteiger partial charge in [-0.05, 0) is 29.7 Å². The number of pyridine rings is 1. The van der Waals surface area contributed by atoms with Crippen molar-refractivity contribution in [3.63, 3.8) is 0 Å². The Morgan fingerprint density at radius 2 is 1.56 bits per heavy atom. The van der Waals surface area contributed by atoms with E-state index >= 15 is 0 Å². The third-order valence-corrected chi connectivity index (χ3v) is 2.73. The van der Waals surface area contributed by atoms with Crippen LogP contribution in [0.25, 0.3) is 0 Å². The van der Waals surface area contributed by atoms with E-state index in [1.165, 1.54) is 11.1 Å². The van der Waals surface area contributed by atoms with E-state index in [2.05, 4.69) is 17.1 Å². The summed E-state index contributed by atoms with van der Waals surface area (Å²) in [5.74, 6) is 0.259. The molecule has 0 saturated heterocycles. The summed E-state index contributed by atoms with van der Waals surface area (Å²) in [6.07, 6.45) is 4.33. The predicted molar refractivity (Wildman–Crippen MR) is 64.2 cm³/mol. The number of hydrogen-bond donors (Lipinski definition) is 1.